The second-order valence-corrected chi connectivity index (χ2v) is 10.8. The van der Waals surface area contributed by atoms with Crippen molar-refractivity contribution in [1.82, 2.24) is 18.8 Å². The molecule has 1 amide bonds. The summed E-state index contributed by atoms with van der Waals surface area (Å²) < 4.78 is 40.4. The maximum Gasteiger partial charge on any atom is 0.281 e. The standard InChI is InChI=1S/C24H35N5O5S/c1-4-33-20-11-10-18(15-21(20)34-5-2)22-17(3)26-27-23(22)25-24(30)19-9-8-14-29(16-19)35(31,32)28-12-6-7-13-28/h10-11,15,19H,4-9,12-14,16H2,1-3H3,(H2,25,26,27,30)/t19-/m0/s1. The molecule has 2 saturated heterocycles. The Morgan fingerprint density at radius 1 is 1.09 bits per heavy atom. The number of nitrogens with one attached hydrogen (secondary N) is 2. The average Bonchev–Trinajstić information content (AvgIpc) is 3.52. The van der Waals surface area contributed by atoms with Gasteiger partial charge in [0.1, 0.15) is 0 Å². The number of carbonyl (C=O) groups is 1. The highest BCUT2D eigenvalue weighted by Crippen LogP contribution is 2.37. The molecule has 1 atom stereocenters. The van der Waals surface area contributed by atoms with Gasteiger partial charge >= 0.3 is 0 Å². The lowest BCUT2D eigenvalue weighted by Crippen LogP contribution is -2.49. The summed E-state index contributed by atoms with van der Waals surface area (Å²) >= 11 is 0. The van der Waals surface area contributed by atoms with E-state index in [2.05, 4.69) is 15.5 Å². The van der Waals surface area contributed by atoms with Gasteiger partial charge in [-0.15, -0.1) is 0 Å². The molecule has 0 spiro atoms. The van der Waals surface area contributed by atoms with E-state index >= 15 is 0 Å². The molecule has 2 N–H and O–H groups in total. The van der Waals surface area contributed by atoms with Gasteiger partial charge in [-0.2, -0.15) is 22.1 Å². The number of ether oxygens (including phenoxy) is 2. The maximum absolute atomic E-state index is 13.2. The van der Waals surface area contributed by atoms with Gasteiger partial charge in [0.2, 0.25) is 5.91 Å². The summed E-state index contributed by atoms with van der Waals surface area (Å²) in [5, 5.41) is 10.2. The van der Waals surface area contributed by atoms with Crippen LogP contribution in [0, 0.1) is 12.8 Å². The molecule has 0 bridgehead atoms. The van der Waals surface area contributed by atoms with Gasteiger partial charge in [0.05, 0.1) is 19.1 Å². The number of aromatic nitrogens is 2. The Hall–Kier alpha value is -2.63. The predicted molar refractivity (Wildman–Crippen MR) is 134 cm³/mol. The highest BCUT2D eigenvalue weighted by Gasteiger charge is 2.37. The van der Waals surface area contributed by atoms with Crippen LogP contribution in [0.15, 0.2) is 18.2 Å². The third-order valence-corrected chi connectivity index (χ3v) is 8.50. The fourth-order valence-corrected chi connectivity index (χ4v) is 6.52. The van der Waals surface area contributed by atoms with Crippen molar-refractivity contribution in [2.24, 2.45) is 5.92 Å². The van der Waals surface area contributed by atoms with E-state index < -0.39 is 16.1 Å². The van der Waals surface area contributed by atoms with Gasteiger partial charge in [0, 0.05) is 37.4 Å². The molecule has 2 aromatic rings. The molecule has 2 aliphatic rings. The normalized spacial score (nSPS) is 19.6. The molecule has 10 nitrogen and oxygen atoms in total. The van der Waals surface area contributed by atoms with Crippen LogP contribution in [0.3, 0.4) is 0 Å². The van der Waals surface area contributed by atoms with Crippen molar-refractivity contribution < 1.29 is 22.7 Å². The molecule has 1 aromatic heterocycles. The number of rotatable bonds is 9. The van der Waals surface area contributed by atoms with E-state index in [1.165, 1.54) is 8.61 Å². The van der Waals surface area contributed by atoms with E-state index in [1.807, 2.05) is 39.0 Å². The minimum atomic E-state index is -3.53. The van der Waals surface area contributed by atoms with Crippen molar-refractivity contribution in [3.63, 3.8) is 0 Å². The third kappa shape index (κ3) is 5.46. The first-order valence-corrected chi connectivity index (χ1v) is 13.8. The van der Waals surface area contributed by atoms with Crippen molar-refractivity contribution in [1.29, 1.82) is 0 Å². The van der Waals surface area contributed by atoms with Gasteiger partial charge in [-0.1, -0.05) is 6.07 Å². The topological polar surface area (TPSA) is 117 Å². The zero-order valence-electron chi connectivity index (χ0n) is 20.7. The zero-order chi connectivity index (χ0) is 25.0. The first kappa shape index (κ1) is 25.5. The average molecular weight is 506 g/mol. The molecule has 0 aliphatic carbocycles. The summed E-state index contributed by atoms with van der Waals surface area (Å²) in [6.45, 7) is 8.47. The number of amides is 1. The van der Waals surface area contributed by atoms with Crippen molar-refractivity contribution in [3.8, 4) is 22.6 Å². The molecule has 4 rings (SSSR count). The summed E-state index contributed by atoms with van der Waals surface area (Å²) in [5.74, 6) is 1.03. The Bertz CT molecular complexity index is 1140. The molecule has 2 aliphatic heterocycles. The number of piperidine rings is 1. The van der Waals surface area contributed by atoms with Crippen LogP contribution in [0.1, 0.15) is 45.2 Å². The van der Waals surface area contributed by atoms with Crippen molar-refractivity contribution in [3.05, 3.63) is 23.9 Å². The highest BCUT2D eigenvalue weighted by atomic mass is 32.2. The van der Waals surface area contributed by atoms with Crippen LogP contribution in [-0.2, 0) is 15.0 Å². The smallest absolute Gasteiger partial charge is 0.281 e. The summed E-state index contributed by atoms with van der Waals surface area (Å²) in [5.41, 5.74) is 2.40. The van der Waals surface area contributed by atoms with E-state index in [1.54, 1.807) is 0 Å². The quantitative estimate of drug-likeness (QED) is 0.541. The van der Waals surface area contributed by atoms with Gasteiger partial charge in [-0.25, -0.2) is 0 Å². The molecule has 0 unspecified atom stereocenters. The van der Waals surface area contributed by atoms with E-state index in [0.717, 1.165) is 29.7 Å². The van der Waals surface area contributed by atoms with Crippen LogP contribution in [0.2, 0.25) is 0 Å². The number of nitrogens with zero attached hydrogens (tertiary/aromatic N) is 3. The fourth-order valence-electron chi connectivity index (χ4n) is 4.75. The summed E-state index contributed by atoms with van der Waals surface area (Å²) in [6.07, 6.45) is 3.05. The van der Waals surface area contributed by atoms with E-state index in [0.29, 0.717) is 63.0 Å². The van der Waals surface area contributed by atoms with Crippen molar-refractivity contribution >= 4 is 21.9 Å². The Labute approximate surface area is 207 Å². The molecule has 3 heterocycles. The molecule has 2 fully saturated rings. The van der Waals surface area contributed by atoms with Crippen LogP contribution < -0.4 is 14.8 Å². The van der Waals surface area contributed by atoms with Crippen molar-refractivity contribution in [2.75, 3.05) is 44.7 Å². The Kier molecular flexibility index (Phi) is 7.98. The lowest BCUT2D eigenvalue weighted by Gasteiger charge is -2.33. The summed E-state index contributed by atoms with van der Waals surface area (Å²) in [4.78, 5) is 13.2. The largest absolute Gasteiger partial charge is 0.490 e. The molecule has 11 heteroatoms. The van der Waals surface area contributed by atoms with Crippen LogP contribution in [-0.4, -0.2) is 72.5 Å². The van der Waals surface area contributed by atoms with E-state index in [4.69, 9.17) is 9.47 Å². The second kappa shape index (κ2) is 11.0. The number of hydrogen-bond acceptors (Lipinski definition) is 6. The second-order valence-electron chi connectivity index (χ2n) is 8.90. The predicted octanol–water partition coefficient (Wildman–Crippen LogP) is 3.17. The number of carbonyl (C=O) groups excluding carboxylic acids is 1. The van der Waals surface area contributed by atoms with Crippen LogP contribution in [0.4, 0.5) is 5.82 Å². The number of aromatic amines is 1. The zero-order valence-corrected chi connectivity index (χ0v) is 21.5. The van der Waals surface area contributed by atoms with Gasteiger partial charge in [0.15, 0.2) is 17.3 Å². The molecular formula is C24H35N5O5S. The molecule has 1 aromatic carbocycles. The first-order chi connectivity index (χ1) is 16.8. The number of anilines is 1. The van der Waals surface area contributed by atoms with E-state index in [-0.39, 0.29) is 12.5 Å². The first-order valence-electron chi connectivity index (χ1n) is 12.4. The number of aryl methyl sites for hydroxylation is 1. The van der Waals surface area contributed by atoms with Gasteiger partial charge in [-0.3, -0.25) is 9.89 Å². The van der Waals surface area contributed by atoms with Gasteiger partial charge in [-0.05, 0) is 64.2 Å². The Morgan fingerprint density at radius 3 is 2.49 bits per heavy atom. The van der Waals surface area contributed by atoms with Crippen LogP contribution in [0.25, 0.3) is 11.1 Å². The summed E-state index contributed by atoms with van der Waals surface area (Å²) in [7, 11) is -3.53. The Morgan fingerprint density at radius 2 is 1.77 bits per heavy atom. The minimum absolute atomic E-state index is 0.181. The molecule has 35 heavy (non-hydrogen) atoms. The Balaban J connectivity index is 1.52. The van der Waals surface area contributed by atoms with Crippen LogP contribution >= 0.6 is 0 Å². The third-order valence-electron chi connectivity index (χ3n) is 6.49. The molecule has 0 radical (unpaired) electrons. The number of hydrogen-bond donors (Lipinski definition) is 2. The molecule has 0 saturated carbocycles. The lowest BCUT2D eigenvalue weighted by molar-refractivity contribution is -0.120. The lowest BCUT2D eigenvalue weighted by atomic mass is 9.98. The number of benzene rings is 1. The monoisotopic (exact) mass is 505 g/mol. The maximum atomic E-state index is 13.2. The van der Waals surface area contributed by atoms with Gasteiger partial charge in [0.25, 0.3) is 10.2 Å². The molecular weight excluding hydrogens is 470 g/mol. The SMILES string of the molecule is CCOc1ccc(-c2c(NC(=O)[C@H]3CCCN(S(=O)(=O)N4CCCC4)C3)n[nH]c2C)cc1OCC. The van der Waals surface area contributed by atoms with E-state index in [9.17, 15) is 13.2 Å². The highest BCUT2D eigenvalue weighted by molar-refractivity contribution is 7.86. The minimum Gasteiger partial charge on any atom is -0.490 e. The van der Waals surface area contributed by atoms with Crippen LogP contribution in [0.5, 0.6) is 11.5 Å². The fraction of sp³-hybridized carbons (Fsp3) is 0.583. The number of H-pyrrole nitrogens is 1. The van der Waals surface area contributed by atoms with Crippen molar-refractivity contribution in [2.45, 2.75) is 46.5 Å². The summed E-state index contributed by atoms with van der Waals surface area (Å²) in [6, 6.07) is 5.64. The molecule has 192 valence electrons. The van der Waals surface area contributed by atoms with Gasteiger partial charge < -0.3 is 14.8 Å².